The van der Waals surface area contributed by atoms with Gasteiger partial charge in [0.2, 0.25) is 5.90 Å². The second kappa shape index (κ2) is 5.88. The molecule has 2 heterocycles. The van der Waals surface area contributed by atoms with E-state index in [0.717, 1.165) is 17.5 Å². The lowest BCUT2D eigenvalue weighted by Crippen LogP contribution is -2.49. The molecular formula is C19H18N2O2. The molecule has 0 aliphatic carbocycles. The van der Waals surface area contributed by atoms with Gasteiger partial charge in [0.15, 0.2) is 6.04 Å². The monoisotopic (exact) mass is 306 g/mol. The molecule has 2 atom stereocenters. The van der Waals surface area contributed by atoms with E-state index in [4.69, 9.17) is 4.74 Å². The molecule has 2 aromatic rings. The van der Waals surface area contributed by atoms with E-state index in [1.165, 1.54) is 0 Å². The van der Waals surface area contributed by atoms with Crippen molar-refractivity contribution in [3.05, 3.63) is 71.8 Å². The lowest BCUT2D eigenvalue weighted by molar-refractivity contribution is -0.138. The van der Waals surface area contributed by atoms with E-state index in [9.17, 15) is 4.79 Å². The van der Waals surface area contributed by atoms with Crippen molar-refractivity contribution < 1.29 is 9.53 Å². The van der Waals surface area contributed by atoms with Crippen LogP contribution in [0.1, 0.15) is 17.5 Å². The molecule has 0 bridgehead atoms. The predicted molar refractivity (Wildman–Crippen MR) is 88.1 cm³/mol. The average Bonchev–Trinajstić information content (AvgIpc) is 3.04. The number of hydrogen-bond donors (Lipinski definition) is 0. The summed E-state index contributed by atoms with van der Waals surface area (Å²) in [7, 11) is 0. The van der Waals surface area contributed by atoms with Gasteiger partial charge in [-0.2, -0.15) is 0 Å². The van der Waals surface area contributed by atoms with Gasteiger partial charge in [-0.05, 0) is 17.7 Å². The van der Waals surface area contributed by atoms with E-state index < -0.39 is 6.04 Å². The molecule has 1 amide bonds. The molecule has 0 unspecified atom stereocenters. The van der Waals surface area contributed by atoms with E-state index in [-0.39, 0.29) is 12.0 Å². The largest absolute Gasteiger partial charge is 0.471 e. The smallest absolute Gasteiger partial charge is 0.251 e. The van der Waals surface area contributed by atoms with Gasteiger partial charge in [0, 0.05) is 25.1 Å². The Hall–Kier alpha value is -2.62. The van der Waals surface area contributed by atoms with Gasteiger partial charge in [-0.15, -0.1) is 0 Å². The Morgan fingerprint density at radius 2 is 1.74 bits per heavy atom. The highest BCUT2D eigenvalue weighted by Crippen LogP contribution is 2.27. The fraction of sp³-hybridized carbons (Fsp3) is 0.263. The summed E-state index contributed by atoms with van der Waals surface area (Å²) in [6, 6.07) is 19.4. The number of nitrogens with zero attached hydrogens (tertiary/aromatic N) is 2. The quantitative estimate of drug-likeness (QED) is 0.875. The van der Waals surface area contributed by atoms with Crippen molar-refractivity contribution in [3.63, 3.8) is 0 Å². The number of fused-ring (bicyclic) bond motifs is 1. The van der Waals surface area contributed by atoms with Crippen LogP contribution in [0.25, 0.3) is 0 Å². The fourth-order valence-electron chi connectivity index (χ4n) is 3.14. The maximum absolute atomic E-state index is 12.7. The Labute approximate surface area is 135 Å². The van der Waals surface area contributed by atoms with Crippen molar-refractivity contribution in [1.29, 1.82) is 0 Å². The van der Waals surface area contributed by atoms with E-state index in [0.29, 0.717) is 19.0 Å². The summed E-state index contributed by atoms with van der Waals surface area (Å²) < 4.78 is 5.92. The molecule has 2 aliphatic rings. The number of piperidine rings is 1. The lowest BCUT2D eigenvalue weighted by Gasteiger charge is -2.32. The first-order valence-corrected chi connectivity index (χ1v) is 7.94. The van der Waals surface area contributed by atoms with Crippen molar-refractivity contribution in [1.82, 2.24) is 4.90 Å². The van der Waals surface area contributed by atoms with Crippen molar-refractivity contribution in [2.75, 3.05) is 6.54 Å². The summed E-state index contributed by atoms with van der Waals surface area (Å²) in [4.78, 5) is 19.2. The summed E-state index contributed by atoms with van der Waals surface area (Å²) in [5.74, 6) is 0.659. The lowest BCUT2D eigenvalue weighted by atomic mass is 10.0. The van der Waals surface area contributed by atoms with Gasteiger partial charge in [-0.3, -0.25) is 4.79 Å². The Morgan fingerprint density at radius 3 is 2.48 bits per heavy atom. The van der Waals surface area contributed by atoms with Crippen LogP contribution in [-0.4, -0.2) is 35.4 Å². The normalized spacial score (nSPS) is 23.2. The molecule has 0 aromatic heterocycles. The van der Waals surface area contributed by atoms with Crippen LogP contribution in [-0.2, 0) is 16.1 Å². The summed E-state index contributed by atoms with van der Waals surface area (Å²) in [6.45, 7) is 1.35. The van der Waals surface area contributed by atoms with Crippen LogP contribution < -0.4 is 0 Å². The van der Waals surface area contributed by atoms with Gasteiger partial charge >= 0.3 is 0 Å². The molecule has 4 heteroatoms. The number of benzene rings is 2. The van der Waals surface area contributed by atoms with Crippen LogP contribution in [0.15, 0.2) is 65.7 Å². The van der Waals surface area contributed by atoms with E-state index in [1.807, 2.05) is 65.6 Å². The Bertz CT molecular complexity index is 728. The van der Waals surface area contributed by atoms with Crippen LogP contribution in [0.5, 0.6) is 0 Å². The zero-order valence-electron chi connectivity index (χ0n) is 12.8. The third kappa shape index (κ3) is 2.72. The minimum atomic E-state index is -0.400. The van der Waals surface area contributed by atoms with Gasteiger partial charge in [0.1, 0.15) is 6.10 Å². The number of ether oxygens (including phenoxy) is 1. The number of rotatable bonds is 3. The topological polar surface area (TPSA) is 41.9 Å². The zero-order valence-corrected chi connectivity index (χ0v) is 12.8. The maximum Gasteiger partial charge on any atom is 0.251 e. The summed E-state index contributed by atoms with van der Waals surface area (Å²) >= 11 is 0. The average molecular weight is 306 g/mol. The van der Waals surface area contributed by atoms with Gasteiger partial charge in [-0.25, -0.2) is 4.99 Å². The van der Waals surface area contributed by atoms with Crippen molar-refractivity contribution >= 4 is 11.8 Å². The molecule has 0 radical (unpaired) electrons. The van der Waals surface area contributed by atoms with E-state index >= 15 is 0 Å². The Morgan fingerprint density at radius 1 is 1.04 bits per heavy atom. The molecule has 23 heavy (non-hydrogen) atoms. The van der Waals surface area contributed by atoms with Crippen molar-refractivity contribution in [2.45, 2.75) is 25.1 Å². The van der Waals surface area contributed by atoms with Crippen molar-refractivity contribution in [2.24, 2.45) is 4.99 Å². The molecular weight excluding hydrogens is 288 g/mol. The van der Waals surface area contributed by atoms with Crippen molar-refractivity contribution in [3.8, 4) is 0 Å². The SMILES string of the molecule is O=C1[C@@H]2N=C(c3ccccc3)O[C@@H]2CCN1Cc1ccccc1. The minimum absolute atomic E-state index is 0.0658. The molecule has 2 aliphatic heterocycles. The number of hydrogen-bond acceptors (Lipinski definition) is 3. The van der Waals surface area contributed by atoms with Crippen LogP contribution in [0.4, 0.5) is 0 Å². The number of carbonyl (C=O) groups is 1. The number of likely N-dealkylation sites (tertiary alicyclic amines) is 1. The van der Waals surface area contributed by atoms with Crippen LogP contribution >= 0.6 is 0 Å². The van der Waals surface area contributed by atoms with Gasteiger partial charge in [-0.1, -0.05) is 48.5 Å². The van der Waals surface area contributed by atoms with E-state index in [1.54, 1.807) is 0 Å². The second-order valence-electron chi connectivity index (χ2n) is 5.94. The zero-order chi connectivity index (χ0) is 15.6. The highest BCUT2D eigenvalue weighted by molar-refractivity contribution is 5.99. The van der Waals surface area contributed by atoms with Crippen LogP contribution in [0.3, 0.4) is 0 Å². The predicted octanol–water partition coefficient (Wildman–Crippen LogP) is 2.63. The highest BCUT2D eigenvalue weighted by atomic mass is 16.5. The first kappa shape index (κ1) is 14.0. The third-order valence-corrected chi connectivity index (χ3v) is 4.36. The molecule has 0 spiro atoms. The summed E-state index contributed by atoms with van der Waals surface area (Å²) in [6.07, 6.45) is 0.702. The number of aliphatic imine (C=N–C) groups is 1. The number of carbonyl (C=O) groups excluding carboxylic acids is 1. The Balaban J connectivity index is 1.52. The number of amides is 1. The Kier molecular flexibility index (Phi) is 3.58. The first-order chi connectivity index (χ1) is 11.3. The van der Waals surface area contributed by atoms with Gasteiger partial charge < -0.3 is 9.64 Å². The summed E-state index contributed by atoms with van der Waals surface area (Å²) in [5.41, 5.74) is 2.08. The molecule has 4 rings (SSSR count). The highest BCUT2D eigenvalue weighted by Gasteiger charge is 2.42. The molecule has 1 fully saturated rings. The molecule has 0 N–H and O–H groups in total. The molecule has 4 nitrogen and oxygen atoms in total. The molecule has 116 valence electrons. The van der Waals surface area contributed by atoms with Gasteiger partial charge in [0.25, 0.3) is 5.91 Å². The van der Waals surface area contributed by atoms with Gasteiger partial charge in [0.05, 0.1) is 0 Å². The fourth-order valence-corrected chi connectivity index (χ4v) is 3.14. The molecule has 1 saturated heterocycles. The molecule has 2 aromatic carbocycles. The van der Waals surface area contributed by atoms with Crippen LogP contribution in [0, 0.1) is 0 Å². The van der Waals surface area contributed by atoms with E-state index in [2.05, 4.69) is 4.99 Å². The second-order valence-corrected chi connectivity index (χ2v) is 5.94. The standard InChI is InChI=1S/C19H18N2O2/c22-19-17-16(23-18(20-17)15-9-5-2-6-10-15)11-12-21(19)13-14-7-3-1-4-8-14/h1-10,16-17H,11-13H2/t16-,17-/m1/s1. The molecule has 0 saturated carbocycles. The van der Waals surface area contributed by atoms with Crippen LogP contribution in [0.2, 0.25) is 0 Å². The third-order valence-electron chi connectivity index (χ3n) is 4.36. The first-order valence-electron chi connectivity index (χ1n) is 7.94. The summed E-state index contributed by atoms with van der Waals surface area (Å²) in [5, 5.41) is 0. The minimum Gasteiger partial charge on any atom is -0.471 e. The maximum atomic E-state index is 12.7.